The van der Waals surface area contributed by atoms with Crippen molar-refractivity contribution in [1.29, 1.82) is 0 Å². The lowest BCUT2D eigenvalue weighted by molar-refractivity contribution is 0.432. The van der Waals surface area contributed by atoms with Crippen molar-refractivity contribution in [3.05, 3.63) is 32.1 Å². The van der Waals surface area contributed by atoms with E-state index in [9.17, 15) is 4.39 Å². The maximum absolute atomic E-state index is 13.7. The van der Waals surface area contributed by atoms with Crippen molar-refractivity contribution >= 4 is 44.3 Å². The van der Waals surface area contributed by atoms with Gasteiger partial charge in [0.1, 0.15) is 9.39 Å². The Morgan fingerprint density at radius 3 is 2.80 bits per heavy atom. The molecule has 0 aliphatic heterocycles. The first-order valence-corrected chi connectivity index (χ1v) is 5.83. The van der Waals surface area contributed by atoms with Gasteiger partial charge in [0.05, 0.1) is 10.0 Å². The van der Waals surface area contributed by atoms with Gasteiger partial charge in [0, 0.05) is 0 Å². The quantitative estimate of drug-likeness (QED) is 0.769. The molecule has 0 amide bonds. The standard InChI is InChI=1S/C9H5BrFIN2O/c10-5-3-1-2-4(6(5)11)8-7(12)9(13)14-15-8/h1-3H,(H2,13,14). The molecule has 0 radical (unpaired) electrons. The van der Waals surface area contributed by atoms with Gasteiger partial charge in [-0.05, 0) is 50.7 Å². The summed E-state index contributed by atoms with van der Waals surface area (Å²) in [5.74, 6) is 0.239. The largest absolute Gasteiger partial charge is 0.380 e. The molecule has 2 rings (SSSR count). The number of anilines is 1. The van der Waals surface area contributed by atoms with Crippen LogP contribution < -0.4 is 5.73 Å². The highest BCUT2D eigenvalue weighted by molar-refractivity contribution is 14.1. The molecule has 1 aromatic heterocycles. The molecular weight excluding hydrogens is 378 g/mol. The van der Waals surface area contributed by atoms with E-state index in [1.165, 1.54) is 0 Å². The maximum Gasteiger partial charge on any atom is 0.185 e. The van der Waals surface area contributed by atoms with Crippen molar-refractivity contribution in [2.75, 3.05) is 5.73 Å². The molecule has 0 aliphatic rings. The van der Waals surface area contributed by atoms with Crippen LogP contribution >= 0.6 is 38.5 Å². The van der Waals surface area contributed by atoms with Gasteiger partial charge in [-0.2, -0.15) is 0 Å². The van der Waals surface area contributed by atoms with Crippen molar-refractivity contribution < 1.29 is 8.91 Å². The molecule has 1 aromatic carbocycles. The van der Waals surface area contributed by atoms with Crippen LogP contribution in [0.25, 0.3) is 11.3 Å². The number of nitrogens with zero attached hydrogens (tertiary/aromatic N) is 1. The lowest BCUT2D eigenvalue weighted by atomic mass is 10.1. The SMILES string of the molecule is Nc1noc(-c2cccc(Br)c2F)c1I. The fourth-order valence-electron chi connectivity index (χ4n) is 1.14. The summed E-state index contributed by atoms with van der Waals surface area (Å²) in [4.78, 5) is 0. The Bertz CT molecular complexity index is 515. The normalized spacial score (nSPS) is 10.6. The van der Waals surface area contributed by atoms with Crippen LogP contribution in [-0.2, 0) is 0 Å². The minimum atomic E-state index is -0.383. The molecular formula is C9H5BrFIN2O. The molecule has 0 fully saturated rings. The van der Waals surface area contributed by atoms with Gasteiger partial charge in [0.2, 0.25) is 0 Å². The summed E-state index contributed by atoms with van der Waals surface area (Å²) >= 11 is 5.07. The first kappa shape index (κ1) is 10.9. The number of nitrogens with two attached hydrogens (primary N) is 1. The van der Waals surface area contributed by atoms with Gasteiger partial charge < -0.3 is 10.3 Å². The zero-order chi connectivity index (χ0) is 11.0. The molecule has 0 bridgehead atoms. The van der Waals surface area contributed by atoms with Gasteiger partial charge >= 0.3 is 0 Å². The summed E-state index contributed by atoms with van der Waals surface area (Å²) in [5, 5.41) is 3.58. The van der Waals surface area contributed by atoms with E-state index < -0.39 is 0 Å². The van der Waals surface area contributed by atoms with E-state index in [-0.39, 0.29) is 11.6 Å². The molecule has 0 saturated carbocycles. The van der Waals surface area contributed by atoms with Crippen LogP contribution in [0.2, 0.25) is 0 Å². The highest BCUT2D eigenvalue weighted by atomic mass is 127. The van der Waals surface area contributed by atoms with Gasteiger partial charge in [-0.1, -0.05) is 11.2 Å². The van der Waals surface area contributed by atoms with E-state index in [0.29, 0.717) is 19.4 Å². The first-order chi connectivity index (χ1) is 7.11. The average molecular weight is 383 g/mol. The molecule has 3 nitrogen and oxygen atoms in total. The second-order valence-electron chi connectivity index (χ2n) is 2.81. The third-order valence-electron chi connectivity index (χ3n) is 1.86. The Labute approximate surface area is 107 Å². The number of halogens is 3. The van der Waals surface area contributed by atoms with E-state index >= 15 is 0 Å². The molecule has 1 heterocycles. The van der Waals surface area contributed by atoms with Gasteiger partial charge in [0.25, 0.3) is 0 Å². The Hall–Kier alpha value is -0.630. The molecule has 0 spiro atoms. The molecule has 78 valence electrons. The number of nitrogen functional groups attached to an aromatic ring is 1. The minimum Gasteiger partial charge on any atom is -0.380 e. The van der Waals surface area contributed by atoms with E-state index in [1.807, 2.05) is 22.6 Å². The molecule has 15 heavy (non-hydrogen) atoms. The maximum atomic E-state index is 13.7. The molecule has 0 unspecified atom stereocenters. The fraction of sp³-hybridized carbons (Fsp3) is 0. The van der Waals surface area contributed by atoms with Gasteiger partial charge in [0.15, 0.2) is 11.6 Å². The van der Waals surface area contributed by atoms with E-state index in [2.05, 4.69) is 21.1 Å². The van der Waals surface area contributed by atoms with Crippen LogP contribution in [-0.4, -0.2) is 5.16 Å². The van der Waals surface area contributed by atoms with Crippen LogP contribution in [0.4, 0.5) is 10.2 Å². The van der Waals surface area contributed by atoms with Crippen molar-refractivity contribution in [2.24, 2.45) is 0 Å². The van der Waals surface area contributed by atoms with Crippen LogP contribution in [0.3, 0.4) is 0 Å². The predicted octanol–water partition coefficient (Wildman–Crippen LogP) is 3.43. The number of rotatable bonds is 1. The highest BCUT2D eigenvalue weighted by Gasteiger charge is 2.17. The summed E-state index contributed by atoms with van der Waals surface area (Å²) in [7, 11) is 0. The summed E-state index contributed by atoms with van der Waals surface area (Å²) < 4.78 is 19.7. The van der Waals surface area contributed by atoms with E-state index in [1.54, 1.807) is 18.2 Å². The second-order valence-corrected chi connectivity index (χ2v) is 4.75. The summed E-state index contributed by atoms with van der Waals surface area (Å²) in [6.45, 7) is 0. The topological polar surface area (TPSA) is 52.0 Å². The Kier molecular flexibility index (Phi) is 2.96. The molecule has 2 aromatic rings. The van der Waals surface area contributed by atoms with Crippen LogP contribution in [0.1, 0.15) is 0 Å². The zero-order valence-electron chi connectivity index (χ0n) is 7.30. The van der Waals surface area contributed by atoms with Gasteiger partial charge in [-0.25, -0.2) is 4.39 Å². The van der Waals surface area contributed by atoms with Gasteiger partial charge in [-0.3, -0.25) is 0 Å². The monoisotopic (exact) mass is 382 g/mol. The molecule has 0 saturated heterocycles. The van der Waals surface area contributed by atoms with Crippen molar-refractivity contribution in [3.8, 4) is 11.3 Å². The third kappa shape index (κ3) is 1.87. The molecule has 0 aliphatic carbocycles. The number of hydrogen-bond acceptors (Lipinski definition) is 3. The smallest absolute Gasteiger partial charge is 0.185 e. The van der Waals surface area contributed by atoms with Gasteiger partial charge in [-0.15, -0.1) is 0 Å². The Morgan fingerprint density at radius 1 is 1.47 bits per heavy atom. The van der Waals surface area contributed by atoms with E-state index in [4.69, 9.17) is 10.3 Å². The van der Waals surface area contributed by atoms with E-state index in [0.717, 1.165) is 0 Å². The lowest BCUT2D eigenvalue weighted by Gasteiger charge is -2.00. The second kappa shape index (κ2) is 4.09. The molecule has 6 heteroatoms. The van der Waals surface area contributed by atoms with Crippen LogP contribution in [0, 0.1) is 9.39 Å². The lowest BCUT2D eigenvalue weighted by Crippen LogP contribution is -1.88. The van der Waals surface area contributed by atoms with Crippen LogP contribution in [0.15, 0.2) is 27.2 Å². The average Bonchev–Trinajstić information content (AvgIpc) is 2.53. The molecule has 2 N–H and O–H groups in total. The fourth-order valence-corrected chi connectivity index (χ4v) is 1.99. The number of benzene rings is 1. The zero-order valence-corrected chi connectivity index (χ0v) is 11.0. The first-order valence-electron chi connectivity index (χ1n) is 3.96. The van der Waals surface area contributed by atoms with Crippen molar-refractivity contribution in [3.63, 3.8) is 0 Å². The summed E-state index contributed by atoms with van der Waals surface area (Å²) in [6.07, 6.45) is 0. The highest BCUT2D eigenvalue weighted by Crippen LogP contribution is 2.33. The number of aromatic nitrogens is 1. The summed E-state index contributed by atoms with van der Waals surface area (Å²) in [5.41, 5.74) is 5.86. The minimum absolute atomic E-state index is 0.268. The Balaban J connectivity index is 2.64. The van der Waals surface area contributed by atoms with Crippen molar-refractivity contribution in [2.45, 2.75) is 0 Å². The van der Waals surface area contributed by atoms with Crippen molar-refractivity contribution in [1.82, 2.24) is 5.16 Å². The predicted molar refractivity (Wildman–Crippen MR) is 66.7 cm³/mol. The van der Waals surface area contributed by atoms with Crippen LogP contribution in [0.5, 0.6) is 0 Å². The third-order valence-corrected chi connectivity index (χ3v) is 3.51. The summed E-state index contributed by atoms with van der Waals surface area (Å²) in [6, 6.07) is 4.95. The molecule has 0 atom stereocenters. The Morgan fingerprint density at radius 2 is 2.20 bits per heavy atom. The number of hydrogen-bond donors (Lipinski definition) is 1.